The van der Waals surface area contributed by atoms with E-state index in [0.717, 1.165) is 45.9 Å². The second-order valence-corrected chi connectivity index (χ2v) is 13.0. The molecule has 0 N–H and O–H groups in total. The second-order valence-electron chi connectivity index (χ2n) is 13.0. The highest BCUT2D eigenvalue weighted by Crippen LogP contribution is 2.40. The number of rotatable bonds is 6. The van der Waals surface area contributed by atoms with E-state index in [2.05, 4.69) is 171 Å². The summed E-state index contributed by atoms with van der Waals surface area (Å²) in [7, 11) is 0. The molecule has 2 heterocycles. The lowest BCUT2D eigenvalue weighted by molar-refractivity contribution is 0.535. The summed E-state index contributed by atoms with van der Waals surface area (Å²) in [5.74, 6) is 0.948. The molecule has 2 unspecified atom stereocenters. The largest absolute Gasteiger partial charge is 0.257 e. The first-order valence-corrected chi connectivity index (χ1v) is 17.4. The molecule has 0 saturated carbocycles. The fourth-order valence-corrected chi connectivity index (χ4v) is 7.60. The molecule has 0 bridgehead atoms. The van der Waals surface area contributed by atoms with E-state index in [1.807, 2.05) is 6.07 Å². The Morgan fingerprint density at radius 3 is 1.88 bits per heavy atom. The molecule has 0 radical (unpaired) electrons. The predicted molar refractivity (Wildman–Crippen MR) is 210 cm³/mol. The summed E-state index contributed by atoms with van der Waals surface area (Å²) in [4.78, 5) is 15.7. The summed E-state index contributed by atoms with van der Waals surface area (Å²) < 4.78 is 0. The smallest absolute Gasteiger partial charge is 0.155 e. The number of aliphatic imine (C=N–C) groups is 2. The van der Waals surface area contributed by atoms with Crippen LogP contribution in [0.25, 0.3) is 54.8 Å². The molecule has 0 fully saturated rings. The van der Waals surface area contributed by atoms with E-state index in [0.29, 0.717) is 0 Å². The van der Waals surface area contributed by atoms with E-state index in [1.165, 1.54) is 43.6 Å². The third-order valence-corrected chi connectivity index (χ3v) is 10.1. The first kappa shape index (κ1) is 29.9. The van der Waals surface area contributed by atoms with Gasteiger partial charge in [-0.3, -0.25) is 4.99 Å². The van der Waals surface area contributed by atoms with Gasteiger partial charge in [-0.15, -0.1) is 0 Å². The molecule has 8 aromatic rings. The summed E-state index contributed by atoms with van der Waals surface area (Å²) in [6.07, 6.45) is 0.937. The van der Waals surface area contributed by atoms with E-state index in [4.69, 9.17) is 15.0 Å². The van der Waals surface area contributed by atoms with Gasteiger partial charge in [0.2, 0.25) is 0 Å². The van der Waals surface area contributed by atoms with Crippen LogP contribution in [0.1, 0.15) is 36.1 Å². The third-order valence-electron chi connectivity index (χ3n) is 10.1. The average molecular weight is 642 g/mol. The summed E-state index contributed by atoms with van der Waals surface area (Å²) in [6, 6.07) is 60.2. The van der Waals surface area contributed by atoms with Gasteiger partial charge in [-0.1, -0.05) is 165 Å². The van der Waals surface area contributed by atoms with Gasteiger partial charge in [0, 0.05) is 27.8 Å². The molecule has 7 aromatic carbocycles. The van der Waals surface area contributed by atoms with Gasteiger partial charge in [-0.2, -0.15) is 0 Å². The van der Waals surface area contributed by atoms with Crippen molar-refractivity contribution >= 4 is 44.0 Å². The third kappa shape index (κ3) is 5.28. The normalized spacial score (nSPS) is 16.0. The SMILES string of the molecule is CCC1C(c2ccccc2)=NC(c2ccccc2)=NC1c1cccc2cc(-c3ccc(-c4nc5ccccc5c5ccccc45)cc3)ccc12. The molecule has 1 aromatic heterocycles. The van der Waals surface area contributed by atoms with Gasteiger partial charge in [-0.05, 0) is 57.0 Å². The average Bonchev–Trinajstić information content (AvgIpc) is 3.20. The van der Waals surface area contributed by atoms with Crippen molar-refractivity contribution in [3.63, 3.8) is 0 Å². The fourth-order valence-electron chi connectivity index (χ4n) is 7.60. The Morgan fingerprint density at radius 2 is 1.12 bits per heavy atom. The zero-order valence-corrected chi connectivity index (χ0v) is 27.9. The summed E-state index contributed by atoms with van der Waals surface area (Å²) in [5.41, 5.74) is 10.1. The van der Waals surface area contributed by atoms with Crippen LogP contribution < -0.4 is 0 Å². The quantitative estimate of drug-likeness (QED) is 0.166. The highest BCUT2D eigenvalue weighted by molar-refractivity contribution is 6.15. The van der Waals surface area contributed by atoms with E-state index >= 15 is 0 Å². The van der Waals surface area contributed by atoms with Crippen molar-refractivity contribution in [2.45, 2.75) is 19.4 Å². The molecule has 0 aliphatic carbocycles. The van der Waals surface area contributed by atoms with Crippen molar-refractivity contribution in [2.24, 2.45) is 15.9 Å². The number of pyridine rings is 1. The molecule has 50 heavy (non-hydrogen) atoms. The van der Waals surface area contributed by atoms with Crippen LogP contribution in [0.5, 0.6) is 0 Å². The van der Waals surface area contributed by atoms with Gasteiger partial charge in [0.05, 0.1) is 23.0 Å². The van der Waals surface area contributed by atoms with Crippen LogP contribution in [0.15, 0.2) is 180 Å². The Bertz CT molecular complexity index is 2570. The Morgan fingerprint density at radius 1 is 0.480 bits per heavy atom. The molecule has 9 rings (SSSR count). The molecule has 1 aliphatic rings. The highest BCUT2D eigenvalue weighted by atomic mass is 15.0. The molecule has 3 nitrogen and oxygen atoms in total. The Balaban J connectivity index is 1.10. The van der Waals surface area contributed by atoms with Crippen LogP contribution in [0, 0.1) is 5.92 Å². The minimum Gasteiger partial charge on any atom is -0.257 e. The Hall–Kier alpha value is -6.19. The number of para-hydroxylation sites is 1. The topological polar surface area (TPSA) is 37.6 Å². The number of benzene rings is 7. The summed E-state index contributed by atoms with van der Waals surface area (Å²) in [6.45, 7) is 2.25. The zero-order chi connectivity index (χ0) is 33.4. The number of fused-ring (bicyclic) bond motifs is 4. The Labute approximate surface area is 292 Å². The van der Waals surface area contributed by atoms with Crippen LogP contribution >= 0.6 is 0 Å². The minimum absolute atomic E-state index is 0.0546. The van der Waals surface area contributed by atoms with Crippen molar-refractivity contribution in [1.29, 1.82) is 0 Å². The van der Waals surface area contributed by atoms with Gasteiger partial charge >= 0.3 is 0 Å². The summed E-state index contributed by atoms with van der Waals surface area (Å²) in [5, 5.41) is 6.02. The zero-order valence-electron chi connectivity index (χ0n) is 27.9. The molecule has 238 valence electrons. The van der Waals surface area contributed by atoms with Crippen molar-refractivity contribution in [3.8, 4) is 22.4 Å². The number of hydrogen-bond acceptors (Lipinski definition) is 3. The van der Waals surface area contributed by atoms with Crippen LogP contribution in [0.4, 0.5) is 0 Å². The number of aromatic nitrogens is 1. The lowest BCUT2D eigenvalue weighted by Gasteiger charge is -2.30. The first-order chi connectivity index (χ1) is 24.7. The monoisotopic (exact) mass is 641 g/mol. The first-order valence-electron chi connectivity index (χ1n) is 17.4. The predicted octanol–water partition coefficient (Wildman–Crippen LogP) is 11.9. The molecular weight excluding hydrogens is 607 g/mol. The van der Waals surface area contributed by atoms with E-state index in [-0.39, 0.29) is 12.0 Å². The van der Waals surface area contributed by atoms with Crippen molar-refractivity contribution in [3.05, 3.63) is 187 Å². The maximum atomic E-state index is 5.38. The van der Waals surface area contributed by atoms with E-state index in [1.54, 1.807) is 0 Å². The van der Waals surface area contributed by atoms with Crippen molar-refractivity contribution in [1.82, 2.24) is 4.98 Å². The van der Waals surface area contributed by atoms with Crippen molar-refractivity contribution < 1.29 is 0 Å². The molecule has 0 spiro atoms. The maximum absolute atomic E-state index is 5.38. The maximum Gasteiger partial charge on any atom is 0.155 e. The second kappa shape index (κ2) is 12.7. The lowest BCUT2D eigenvalue weighted by atomic mass is 9.81. The molecule has 1 aliphatic heterocycles. The van der Waals surface area contributed by atoms with Crippen LogP contribution in [-0.4, -0.2) is 16.5 Å². The van der Waals surface area contributed by atoms with Gasteiger partial charge in [0.1, 0.15) is 0 Å². The summed E-state index contributed by atoms with van der Waals surface area (Å²) >= 11 is 0. The lowest BCUT2D eigenvalue weighted by Crippen LogP contribution is -2.28. The molecule has 2 atom stereocenters. The fraction of sp³-hybridized carbons (Fsp3) is 0.0851. The minimum atomic E-state index is -0.0546. The van der Waals surface area contributed by atoms with Gasteiger partial charge in [0.15, 0.2) is 5.84 Å². The van der Waals surface area contributed by atoms with E-state index in [9.17, 15) is 0 Å². The number of hydrogen-bond donors (Lipinski definition) is 0. The molecule has 3 heteroatoms. The van der Waals surface area contributed by atoms with Crippen LogP contribution in [0.2, 0.25) is 0 Å². The molecule has 0 saturated heterocycles. The van der Waals surface area contributed by atoms with Crippen molar-refractivity contribution in [2.75, 3.05) is 0 Å². The highest BCUT2D eigenvalue weighted by Gasteiger charge is 2.32. The molecule has 0 amide bonds. The number of amidine groups is 1. The molecular formula is C47H35N3. The van der Waals surface area contributed by atoms with Crippen LogP contribution in [-0.2, 0) is 0 Å². The Kier molecular flexibility index (Phi) is 7.59. The van der Waals surface area contributed by atoms with Gasteiger partial charge < -0.3 is 0 Å². The van der Waals surface area contributed by atoms with Gasteiger partial charge in [0.25, 0.3) is 0 Å². The number of nitrogens with zero attached hydrogens (tertiary/aromatic N) is 3. The van der Waals surface area contributed by atoms with Gasteiger partial charge in [-0.25, -0.2) is 9.98 Å². The van der Waals surface area contributed by atoms with E-state index < -0.39 is 0 Å². The standard InChI is InChI=1S/C47H35N3/c1-2-37-44(32-14-5-3-6-15-32)49-47(34-16-7-4-8-17-34)50-46(37)41-22-13-18-36-30-35(28-29-38(36)41)31-24-26-33(27-25-31)45-42-21-10-9-19-39(42)40-20-11-12-23-43(40)48-45/h3-30,37,46H,2H2,1H3. The van der Waals surface area contributed by atoms with Crippen LogP contribution in [0.3, 0.4) is 0 Å².